The van der Waals surface area contributed by atoms with Gasteiger partial charge in [-0.1, -0.05) is 41.5 Å². The molecule has 0 spiro atoms. The normalized spacial score (nSPS) is 12.6. The molecule has 0 saturated carbocycles. The maximum atomic E-state index is 13.2. The highest BCUT2D eigenvalue weighted by Gasteiger charge is 2.60. The van der Waals surface area contributed by atoms with Gasteiger partial charge in [0.1, 0.15) is 0 Å². The van der Waals surface area contributed by atoms with Crippen molar-refractivity contribution in [2.45, 2.75) is 81.1 Å². The van der Waals surface area contributed by atoms with Gasteiger partial charge in [0.15, 0.2) is 0 Å². The van der Waals surface area contributed by atoms with Crippen LogP contribution in [0.25, 0.3) is 0 Å². The fourth-order valence-electron chi connectivity index (χ4n) is 4.18. The van der Waals surface area contributed by atoms with E-state index in [1.54, 1.807) is 0 Å². The van der Waals surface area contributed by atoms with E-state index in [9.17, 15) is 9.59 Å². The predicted molar refractivity (Wildman–Crippen MR) is 97.6 cm³/mol. The van der Waals surface area contributed by atoms with Gasteiger partial charge in [0.2, 0.25) is 0 Å². The van der Waals surface area contributed by atoms with Crippen molar-refractivity contribution in [2.24, 2.45) is 22.7 Å². The van der Waals surface area contributed by atoms with Gasteiger partial charge in [-0.15, -0.1) is 0 Å². The zero-order valence-electron chi connectivity index (χ0n) is 17.0. The first kappa shape index (κ1) is 22.9. The highest BCUT2D eigenvalue weighted by atomic mass is 16.5. The summed E-state index contributed by atoms with van der Waals surface area (Å²) in [6.45, 7) is 16.6. The smallest absolute Gasteiger partial charge is 0.313 e. The van der Waals surface area contributed by atoms with Crippen LogP contribution in [0.4, 0.5) is 0 Å². The summed E-state index contributed by atoms with van der Waals surface area (Å²) in [4.78, 5) is 26.2. The molecule has 0 aromatic heterocycles. The molecule has 4 nitrogen and oxygen atoms in total. The van der Waals surface area contributed by atoms with E-state index in [0.717, 1.165) is 0 Å². The highest BCUT2D eigenvalue weighted by Crippen LogP contribution is 2.54. The van der Waals surface area contributed by atoms with Crippen molar-refractivity contribution in [3.8, 4) is 0 Å². The summed E-state index contributed by atoms with van der Waals surface area (Å²) in [5, 5.41) is 0. The van der Waals surface area contributed by atoms with Crippen molar-refractivity contribution in [1.82, 2.24) is 0 Å². The van der Waals surface area contributed by atoms with E-state index in [2.05, 4.69) is 27.7 Å². The summed E-state index contributed by atoms with van der Waals surface area (Å²) in [6.07, 6.45) is 2.40. The quantitative estimate of drug-likeness (QED) is 0.496. The van der Waals surface area contributed by atoms with E-state index in [4.69, 9.17) is 9.47 Å². The fourth-order valence-corrected chi connectivity index (χ4v) is 4.18. The van der Waals surface area contributed by atoms with Crippen LogP contribution in [0.15, 0.2) is 0 Å². The summed E-state index contributed by atoms with van der Waals surface area (Å²) in [5.74, 6) is 0.0496. The molecule has 0 bridgehead atoms. The van der Waals surface area contributed by atoms with Crippen molar-refractivity contribution < 1.29 is 19.1 Å². The Kier molecular flexibility index (Phi) is 9.61. The molecule has 0 aromatic carbocycles. The minimum Gasteiger partial charge on any atom is -0.466 e. The van der Waals surface area contributed by atoms with Crippen molar-refractivity contribution in [2.75, 3.05) is 13.2 Å². The zero-order chi connectivity index (χ0) is 19.0. The van der Waals surface area contributed by atoms with Gasteiger partial charge in [0.25, 0.3) is 0 Å². The molecule has 0 unspecified atom stereocenters. The van der Waals surface area contributed by atoms with E-state index in [1.807, 2.05) is 27.7 Å². The summed E-state index contributed by atoms with van der Waals surface area (Å²) < 4.78 is 10.9. The van der Waals surface area contributed by atoms with Crippen LogP contribution in [0.2, 0.25) is 0 Å². The number of hydrogen-bond acceptors (Lipinski definition) is 4. The molecule has 0 radical (unpaired) electrons. The highest BCUT2D eigenvalue weighted by molar-refractivity contribution is 5.88. The second-order valence-corrected chi connectivity index (χ2v) is 7.51. The van der Waals surface area contributed by atoms with Gasteiger partial charge in [-0.05, 0) is 51.4 Å². The third-order valence-corrected chi connectivity index (χ3v) is 4.97. The molecule has 0 amide bonds. The Morgan fingerprint density at radius 2 is 1.04 bits per heavy atom. The molecule has 0 saturated heterocycles. The molecule has 0 aliphatic heterocycles. The second kappa shape index (κ2) is 10.0. The lowest BCUT2D eigenvalue weighted by molar-refractivity contribution is -0.187. The first-order valence-corrected chi connectivity index (χ1v) is 9.51. The summed E-state index contributed by atoms with van der Waals surface area (Å²) >= 11 is 0. The molecular weight excluding hydrogens is 304 g/mol. The van der Waals surface area contributed by atoms with Gasteiger partial charge in [-0.2, -0.15) is 0 Å². The molecule has 0 heterocycles. The van der Waals surface area contributed by atoms with Gasteiger partial charge in [-0.25, -0.2) is 0 Å². The predicted octanol–water partition coefficient (Wildman–Crippen LogP) is 5.00. The first-order chi connectivity index (χ1) is 11.2. The van der Waals surface area contributed by atoms with Gasteiger partial charge < -0.3 is 9.47 Å². The molecule has 0 aliphatic carbocycles. The van der Waals surface area contributed by atoms with Gasteiger partial charge >= 0.3 is 11.9 Å². The zero-order valence-corrected chi connectivity index (χ0v) is 17.0. The Morgan fingerprint density at radius 1 is 0.708 bits per heavy atom. The molecule has 0 rings (SSSR count). The molecule has 0 aliphatic rings. The number of hydrogen-bond donors (Lipinski definition) is 0. The Hall–Kier alpha value is -1.06. The van der Waals surface area contributed by atoms with Crippen LogP contribution in [-0.4, -0.2) is 25.2 Å². The monoisotopic (exact) mass is 342 g/mol. The van der Waals surface area contributed by atoms with Crippen molar-refractivity contribution in [3.63, 3.8) is 0 Å². The number of esters is 2. The largest absolute Gasteiger partial charge is 0.466 e. The van der Waals surface area contributed by atoms with E-state index in [0.29, 0.717) is 38.9 Å². The maximum Gasteiger partial charge on any atom is 0.313 e. The lowest BCUT2D eigenvalue weighted by Crippen LogP contribution is -2.54. The maximum absolute atomic E-state index is 13.2. The van der Waals surface area contributed by atoms with Crippen LogP contribution >= 0.6 is 0 Å². The van der Waals surface area contributed by atoms with E-state index in [-0.39, 0.29) is 23.8 Å². The van der Waals surface area contributed by atoms with Crippen molar-refractivity contribution in [3.05, 3.63) is 0 Å². The van der Waals surface area contributed by atoms with Crippen LogP contribution < -0.4 is 0 Å². The minimum atomic E-state index is -0.846. The van der Waals surface area contributed by atoms with Crippen molar-refractivity contribution in [1.29, 1.82) is 0 Å². The Bertz CT molecular complexity index is 384. The number of carbonyl (C=O) groups is 2. The van der Waals surface area contributed by atoms with Gasteiger partial charge in [0, 0.05) is 0 Å². The first-order valence-electron chi connectivity index (χ1n) is 9.51. The number of carbonyl (C=O) groups excluding carboxylic acids is 2. The minimum absolute atomic E-state index is 0.246. The van der Waals surface area contributed by atoms with E-state index >= 15 is 0 Å². The molecule has 4 heteroatoms. The molecule has 142 valence electrons. The average molecular weight is 343 g/mol. The lowest BCUT2D eigenvalue weighted by atomic mass is 9.54. The molecule has 0 fully saturated rings. The third-order valence-electron chi connectivity index (χ3n) is 4.97. The fraction of sp³-hybridized carbons (Fsp3) is 0.900. The molecule has 0 atom stereocenters. The third kappa shape index (κ3) is 4.73. The van der Waals surface area contributed by atoms with Crippen LogP contribution in [0, 0.1) is 22.7 Å². The summed E-state index contributed by atoms with van der Waals surface area (Å²) in [5.41, 5.74) is -1.69. The molecule has 0 N–H and O–H groups in total. The molecule has 24 heavy (non-hydrogen) atoms. The van der Waals surface area contributed by atoms with Gasteiger partial charge in [0.05, 0.1) is 24.0 Å². The topological polar surface area (TPSA) is 52.6 Å². The summed E-state index contributed by atoms with van der Waals surface area (Å²) in [7, 11) is 0. The van der Waals surface area contributed by atoms with E-state index in [1.165, 1.54) is 0 Å². The number of ether oxygens (including phenoxy) is 2. The molecular formula is C20H38O4. The SMILES string of the molecule is CCOC(=O)C(CC)(CC)C(CC(C)C)(CC(C)C)C(=O)OCC. The lowest BCUT2D eigenvalue weighted by Gasteiger charge is -2.48. The van der Waals surface area contributed by atoms with Crippen LogP contribution in [-0.2, 0) is 19.1 Å². The average Bonchev–Trinajstić information content (AvgIpc) is 2.48. The van der Waals surface area contributed by atoms with Gasteiger partial charge in [-0.3, -0.25) is 9.59 Å². The summed E-state index contributed by atoms with van der Waals surface area (Å²) in [6, 6.07) is 0. The second-order valence-electron chi connectivity index (χ2n) is 7.51. The van der Waals surface area contributed by atoms with Crippen molar-refractivity contribution >= 4 is 11.9 Å². The Balaban J connectivity index is 6.42. The van der Waals surface area contributed by atoms with Crippen LogP contribution in [0.5, 0.6) is 0 Å². The van der Waals surface area contributed by atoms with Crippen LogP contribution in [0.1, 0.15) is 81.1 Å². The Labute approximate surface area is 148 Å². The Morgan fingerprint density at radius 3 is 1.29 bits per heavy atom. The van der Waals surface area contributed by atoms with Crippen LogP contribution in [0.3, 0.4) is 0 Å². The standard InChI is InChI=1S/C20H38O4/c1-9-19(10-2,17(21)23-11-3)20(13-15(5)6,14-16(7)8)18(22)24-12-4/h15-16H,9-14H2,1-8H3. The molecule has 0 aromatic rings. The number of rotatable bonds is 11. The van der Waals surface area contributed by atoms with E-state index < -0.39 is 10.8 Å².